The van der Waals surface area contributed by atoms with Crippen LogP contribution in [-0.2, 0) is 6.18 Å². The Morgan fingerprint density at radius 1 is 1.20 bits per heavy atom. The van der Waals surface area contributed by atoms with Gasteiger partial charge in [-0.05, 0) is 18.2 Å². The van der Waals surface area contributed by atoms with E-state index in [1.807, 2.05) is 0 Å². The van der Waals surface area contributed by atoms with Gasteiger partial charge in [-0.25, -0.2) is 0 Å². The van der Waals surface area contributed by atoms with Gasteiger partial charge in [-0.1, -0.05) is 0 Å². The van der Waals surface area contributed by atoms with Gasteiger partial charge in [0.25, 0.3) is 0 Å². The van der Waals surface area contributed by atoms with Gasteiger partial charge in [0.15, 0.2) is 0 Å². The smallest absolute Gasteiger partial charge is 0.399 e. The van der Waals surface area contributed by atoms with Crippen LogP contribution in [0.15, 0.2) is 18.2 Å². The summed E-state index contributed by atoms with van der Waals surface area (Å²) in [6, 6.07) is 3.34. The van der Waals surface area contributed by atoms with E-state index in [0.29, 0.717) is 18.8 Å². The number of alkyl halides is 3. The second-order valence-electron chi connectivity index (χ2n) is 3.06. The first-order valence-corrected chi connectivity index (χ1v) is 4.35. The zero-order valence-corrected chi connectivity index (χ0v) is 7.93. The predicted octanol–water partition coefficient (Wildman–Crippen LogP) is 1.66. The van der Waals surface area contributed by atoms with Crippen molar-refractivity contribution < 1.29 is 13.2 Å². The Bertz CT molecular complexity index is 336. The van der Waals surface area contributed by atoms with Crippen LogP contribution in [0.1, 0.15) is 5.56 Å². The van der Waals surface area contributed by atoms with E-state index in [4.69, 9.17) is 11.5 Å². The monoisotopic (exact) mass is 219 g/mol. The molecule has 1 rings (SSSR count). The van der Waals surface area contributed by atoms with Crippen molar-refractivity contribution in [2.75, 3.05) is 24.1 Å². The van der Waals surface area contributed by atoms with Crippen molar-refractivity contribution in [3.63, 3.8) is 0 Å². The van der Waals surface area contributed by atoms with Crippen LogP contribution in [-0.4, -0.2) is 13.1 Å². The maximum absolute atomic E-state index is 12.4. The molecule has 1 aromatic carbocycles. The lowest BCUT2D eigenvalue weighted by atomic mass is 10.1. The minimum absolute atomic E-state index is 0.0735. The Kier molecular flexibility index (Phi) is 3.41. The maximum atomic E-state index is 12.4. The SMILES string of the molecule is NCCNc1cc(N)cc(C(F)(F)F)c1. The van der Waals surface area contributed by atoms with E-state index >= 15 is 0 Å². The number of nitrogens with one attached hydrogen (secondary N) is 1. The molecule has 0 amide bonds. The topological polar surface area (TPSA) is 64.1 Å². The van der Waals surface area contributed by atoms with Crippen LogP contribution >= 0.6 is 0 Å². The highest BCUT2D eigenvalue weighted by atomic mass is 19.4. The van der Waals surface area contributed by atoms with Gasteiger partial charge >= 0.3 is 6.18 Å². The largest absolute Gasteiger partial charge is 0.416 e. The summed E-state index contributed by atoms with van der Waals surface area (Å²) in [6.45, 7) is 0.747. The van der Waals surface area contributed by atoms with E-state index in [0.717, 1.165) is 12.1 Å². The molecule has 84 valence electrons. The third kappa shape index (κ3) is 3.32. The van der Waals surface area contributed by atoms with Gasteiger partial charge in [-0.2, -0.15) is 13.2 Å². The number of rotatable bonds is 3. The number of halogens is 3. The number of hydrogen-bond acceptors (Lipinski definition) is 3. The molecule has 0 aliphatic rings. The quantitative estimate of drug-likeness (QED) is 0.677. The van der Waals surface area contributed by atoms with E-state index in [9.17, 15) is 13.2 Å². The van der Waals surface area contributed by atoms with Crippen molar-refractivity contribution in [3.05, 3.63) is 23.8 Å². The summed E-state index contributed by atoms with van der Waals surface area (Å²) in [5.74, 6) is 0. The molecular formula is C9H12F3N3. The summed E-state index contributed by atoms with van der Waals surface area (Å²) in [4.78, 5) is 0. The molecule has 0 radical (unpaired) electrons. The number of anilines is 2. The second-order valence-corrected chi connectivity index (χ2v) is 3.06. The summed E-state index contributed by atoms with van der Waals surface area (Å²) in [6.07, 6.45) is -4.38. The summed E-state index contributed by atoms with van der Waals surface area (Å²) in [5.41, 5.74) is 10.2. The van der Waals surface area contributed by atoms with E-state index < -0.39 is 11.7 Å². The average Bonchev–Trinajstić information content (AvgIpc) is 2.12. The Hall–Kier alpha value is -1.43. The van der Waals surface area contributed by atoms with Gasteiger partial charge in [0.2, 0.25) is 0 Å². The standard InChI is InChI=1S/C9H12F3N3/c10-9(11,12)6-3-7(14)5-8(4-6)15-2-1-13/h3-5,15H,1-2,13-14H2. The molecule has 5 N–H and O–H groups in total. The van der Waals surface area contributed by atoms with Crippen LogP contribution < -0.4 is 16.8 Å². The molecular weight excluding hydrogens is 207 g/mol. The molecule has 0 aliphatic carbocycles. The molecule has 0 saturated heterocycles. The average molecular weight is 219 g/mol. The fraction of sp³-hybridized carbons (Fsp3) is 0.333. The summed E-state index contributed by atoms with van der Waals surface area (Å²) >= 11 is 0. The fourth-order valence-electron chi connectivity index (χ4n) is 1.13. The molecule has 0 aromatic heterocycles. The Morgan fingerprint density at radius 3 is 2.40 bits per heavy atom. The van der Waals surface area contributed by atoms with Gasteiger partial charge in [-0.3, -0.25) is 0 Å². The van der Waals surface area contributed by atoms with Gasteiger partial charge in [0.1, 0.15) is 0 Å². The van der Waals surface area contributed by atoms with Gasteiger partial charge in [0.05, 0.1) is 5.56 Å². The van der Waals surface area contributed by atoms with Crippen LogP contribution in [0, 0.1) is 0 Å². The lowest BCUT2D eigenvalue weighted by Gasteiger charge is -2.11. The van der Waals surface area contributed by atoms with E-state index in [1.54, 1.807) is 0 Å². The van der Waals surface area contributed by atoms with Gasteiger partial charge < -0.3 is 16.8 Å². The van der Waals surface area contributed by atoms with Crippen LogP contribution in [0.4, 0.5) is 24.5 Å². The first kappa shape index (κ1) is 11.6. The van der Waals surface area contributed by atoms with Crippen molar-refractivity contribution in [3.8, 4) is 0 Å². The molecule has 0 atom stereocenters. The lowest BCUT2D eigenvalue weighted by molar-refractivity contribution is -0.137. The molecule has 1 aromatic rings. The van der Waals surface area contributed by atoms with Gasteiger partial charge in [0, 0.05) is 24.5 Å². The Labute approximate surface area is 85.3 Å². The van der Waals surface area contributed by atoms with Gasteiger partial charge in [-0.15, -0.1) is 0 Å². The second kappa shape index (κ2) is 4.39. The zero-order chi connectivity index (χ0) is 11.5. The number of nitrogens with two attached hydrogens (primary N) is 2. The van der Waals surface area contributed by atoms with Crippen molar-refractivity contribution in [2.24, 2.45) is 5.73 Å². The van der Waals surface area contributed by atoms with Crippen molar-refractivity contribution in [1.29, 1.82) is 0 Å². The zero-order valence-electron chi connectivity index (χ0n) is 7.93. The Morgan fingerprint density at radius 2 is 1.87 bits per heavy atom. The van der Waals surface area contributed by atoms with E-state index in [2.05, 4.69) is 5.32 Å². The molecule has 0 unspecified atom stereocenters. The van der Waals surface area contributed by atoms with Crippen molar-refractivity contribution in [2.45, 2.75) is 6.18 Å². The van der Waals surface area contributed by atoms with Crippen LogP contribution in [0.2, 0.25) is 0 Å². The molecule has 0 fully saturated rings. The highest BCUT2D eigenvalue weighted by Crippen LogP contribution is 2.32. The summed E-state index contributed by atoms with van der Waals surface area (Å²) in [7, 11) is 0. The number of benzene rings is 1. The fourth-order valence-corrected chi connectivity index (χ4v) is 1.13. The molecule has 0 aliphatic heterocycles. The first-order chi connectivity index (χ1) is 6.93. The van der Waals surface area contributed by atoms with Crippen molar-refractivity contribution >= 4 is 11.4 Å². The molecule has 0 heterocycles. The van der Waals surface area contributed by atoms with Crippen molar-refractivity contribution in [1.82, 2.24) is 0 Å². The van der Waals surface area contributed by atoms with Crippen LogP contribution in [0.3, 0.4) is 0 Å². The van der Waals surface area contributed by atoms with E-state index in [1.165, 1.54) is 6.07 Å². The maximum Gasteiger partial charge on any atom is 0.416 e. The number of nitrogen functional groups attached to an aromatic ring is 1. The van der Waals surface area contributed by atoms with Crippen LogP contribution in [0.25, 0.3) is 0 Å². The minimum Gasteiger partial charge on any atom is -0.399 e. The minimum atomic E-state index is -4.38. The lowest BCUT2D eigenvalue weighted by Crippen LogP contribution is -2.14. The molecule has 0 saturated carbocycles. The highest BCUT2D eigenvalue weighted by Gasteiger charge is 2.30. The highest BCUT2D eigenvalue weighted by molar-refractivity contribution is 5.57. The molecule has 3 nitrogen and oxygen atoms in total. The summed E-state index contributed by atoms with van der Waals surface area (Å²) in [5, 5.41) is 2.74. The molecule has 15 heavy (non-hydrogen) atoms. The Balaban J connectivity index is 2.95. The number of hydrogen-bond donors (Lipinski definition) is 3. The first-order valence-electron chi connectivity index (χ1n) is 4.35. The molecule has 6 heteroatoms. The van der Waals surface area contributed by atoms with Crippen LogP contribution in [0.5, 0.6) is 0 Å². The summed E-state index contributed by atoms with van der Waals surface area (Å²) < 4.78 is 37.1. The normalized spacial score (nSPS) is 11.5. The third-order valence-electron chi connectivity index (χ3n) is 1.76. The third-order valence-corrected chi connectivity index (χ3v) is 1.76. The molecule has 0 bridgehead atoms. The van der Waals surface area contributed by atoms with E-state index in [-0.39, 0.29) is 5.69 Å². The predicted molar refractivity (Wildman–Crippen MR) is 53.4 cm³/mol. The molecule has 0 spiro atoms.